The predicted molar refractivity (Wildman–Crippen MR) is 122 cm³/mol. The zero-order valence-electron chi connectivity index (χ0n) is 17.9. The highest BCUT2D eigenvalue weighted by Crippen LogP contribution is 2.23. The Morgan fingerprint density at radius 1 is 1.06 bits per heavy atom. The molecule has 33 heavy (non-hydrogen) atoms. The Kier molecular flexibility index (Phi) is 7.32. The van der Waals surface area contributed by atoms with E-state index in [0.717, 1.165) is 11.1 Å². The van der Waals surface area contributed by atoms with Crippen LogP contribution < -0.4 is 0 Å². The summed E-state index contributed by atoms with van der Waals surface area (Å²) < 4.78 is 20.5. The average Bonchev–Trinajstić information content (AvgIpc) is 2.97. The van der Waals surface area contributed by atoms with Gasteiger partial charge in [0.25, 0.3) is 5.91 Å². The van der Waals surface area contributed by atoms with Crippen molar-refractivity contribution in [2.24, 2.45) is 0 Å². The monoisotopic (exact) mass is 467 g/mol. The minimum absolute atomic E-state index is 0.00525. The Balaban J connectivity index is 1.57. The molecule has 4 rings (SSSR count). The molecule has 1 aromatic heterocycles. The van der Waals surface area contributed by atoms with Gasteiger partial charge in [-0.25, -0.2) is 4.39 Å². The quantitative estimate of drug-likeness (QED) is 0.551. The van der Waals surface area contributed by atoms with E-state index in [2.05, 4.69) is 4.98 Å². The number of benzene rings is 2. The first-order valence-corrected chi connectivity index (χ1v) is 10.9. The summed E-state index contributed by atoms with van der Waals surface area (Å²) in [5, 5.41) is 0.00525. The number of amides is 2. The molecule has 1 saturated heterocycles. The maximum absolute atomic E-state index is 14.4. The van der Waals surface area contributed by atoms with Crippen LogP contribution in [0.4, 0.5) is 4.39 Å². The lowest BCUT2D eigenvalue weighted by molar-refractivity contribution is -0.132. The van der Waals surface area contributed by atoms with Crippen LogP contribution in [0.1, 0.15) is 21.5 Å². The molecule has 1 unspecified atom stereocenters. The first kappa shape index (κ1) is 22.9. The lowest BCUT2D eigenvalue weighted by atomic mass is 10.1. The highest BCUT2D eigenvalue weighted by molar-refractivity contribution is 6.33. The maximum Gasteiger partial charge on any atom is 0.258 e. The number of hydrogen-bond acceptors (Lipinski definition) is 4. The van der Waals surface area contributed by atoms with Crippen molar-refractivity contribution in [2.75, 3.05) is 19.6 Å². The van der Waals surface area contributed by atoms with Crippen LogP contribution in [0.3, 0.4) is 0 Å². The third-order valence-corrected chi connectivity index (χ3v) is 5.73. The van der Waals surface area contributed by atoms with Crippen molar-refractivity contribution in [2.45, 2.75) is 19.3 Å². The number of carbonyl (C=O) groups excluding carboxylic acids is 2. The van der Waals surface area contributed by atoms with Gasteiger partial charge in [-0.3, -0.25) is 14.6 Å². The zero-order chi connectivity index (χ0) is 23.2. The minimum Gasteiger partial charge on any atom is -0.370 e. The molecule has 170 valence electrons. The van der Waals surface area contributed by atoms with Crippen molar-refractivity contribution < 1.29 is 18.7 Å². The summed E-state index contributed by atoms with van der Waals surface area (Å²) in [6.07, 6.45) is 2.89. The molecule has 6 nitrogen and oxygen atoms in total. The molecule has 0 saturated carbocycles. The molecule has 2 heterocycles. The summed E-state index contributed by atoms with van der Waals surface area (Å²) in [6, 6.07) is 17.4. The van der Waals surface area contributed by atoms with Crippen LogP contribution in [0.5, 0.6) is 0 Å². The highest BCUT2D eigenvalue weighted by Gasteiger charge is 2.33. The molecule has 1 atom stereocenters. The number of rotatable bonds is 6. The van der Waals surface area contributed by atoms with E-state index in [-0.39, 0.29) is 36.1 Å². The van der Waals surface area contributed by atoms with Crippen molar-refractivity contribution >= 4 is 23.4 Å². The molecule has 2 aromatic carbocycles. The van der Waals surface area contributed by atoms with Crippen molar-refractivity contribution in [3.8, 4) is 0 Å². The number of carbonyl (C=O) groups is 2. The van der Waals surface area contributed by atoms with Crippen LogP contribution in [-0.2, 0) is 22.7 Å². The summed E-state index contributed by atoms with van der Waals surface area (Å²) in [6.45, 7) is 0.874. The molecule has 0 radical (unpaired) electrons. The van der Waals surface area contributed by atoms with Gasteiger partial charge in [0, 0.05) is 32.0 Å². The maximum atomic E-state index is 14.4. The van der Waals surface area contributed by atoms with E-state index < -0.39 is 17.8 Å². The number of ether oxygens (including phenoxy) is 1. The molecule has 0 spiro atoms. The van der Waals surface area contributed by atoms with Crippen LogP contribution in [0.15, 0.2) is 73.1 Å². The van der Waals surface area contributed by atoms with E-state index in [0.29, 0.717) is 13.2 Å². The van der Waals surface area contributed by atoms with E-state index in [9.17, 15) is 14.0 Å². The molecule has 0 bridgehead atoms. The highest BCUT2D eigenvalue weighted by atomic mass is 35.5. The molecular formula is C25H23ClFN3O3. The average molecular weight is 468 g/mol. The summed E-state index contributed by atoms with van der Waals surface area (Å²) >= 11 is 6.11. The van der Waals surface area contributed by atoms with Crippen LogP contribution >= 0.6 is 11.6 Å². The van der Waals surface area contributed by atoms with Gasteiger partial charge < -0.3 is 14.5 Å². The third kappa shape index (κ3) is 5.74. The smallest absolute Gasteiger partial charge is 0.258 e. The van der Waals surface area contributed by atoms with Gasteiger partial charge in [-0.05, 0) is 29.3 Å². The minimum atomic E-state index is -0.724. The second-order valence-electron chi connectivity index (χ2n) is 7.84. The molecule has 8 heteroatoms. The summed E-state index contributed by atoms with van der Waals surface area (Å²) in [4.78, 5) is 33.3. The standard InChI is InChI=1S/C25H23ClFN3O3/c26-21-9-4-10-22(27)24(21)25(32)30-15-20(33-17-18-6-2-1-3-7-18)14-29(23(31)16-30)13-19-8-5-11-28-12-19/h1-12,20H,13-17H2. The summed E-state index contributed by atoms with van der Waals surface area (Å²) in [5.74, 6) is -1.62. The Labute approximate surface area is 196 Å². The van der Waals surface area contributed by atoms with Gasteiger partial charge in [0.2, 0.25) is 5.91 Å². The van der Waals surface area contributed by atoms with E-state index in [1.165, 1.54) is 23.1 Å². The molecule has 3 aromatic rings. The SMILES string of the molecule is O=C1CN(C(=O)c2c(F)cccc2Cl)CC(OCc2ccccc2)CN1Cc1cccnc1. The predicted octanol–water partition coefficient (Wildman–Crippen LogP) is 3.94. The van der Waals surface area contributed by atoms with Gasteiger partial charge in [-0.15, -0.1) is 0 Å². The molecule has 1 aliphatic rings. The van der Waals surface area contributed by atoms with Crippen molar-refractivity contribution in [3.63, 3.8) is 0 Å². The van der Waals surface area contributed by atoms with E-state index in [1.807, 2.05) is 36.4 Å². The van der Waals surface area contributed by atoms with E-state index in [1.54, 1.807) is 23.4 Å². The van der Waals surface area contributed by atoms with Crippen LogP contribution in [-0.4, -0.2) is 52.3 Å². The second kappa shape index (κ2) is 10.6. The number of halogens is 2. The fraction of sp³-hybridized carbons (Fsp3) is 0.240. The lowest BCUT2D eigenvalue weighted by Crippen LogP contribution is -2.40. The summed E-state index contributed by atoms with van der Waals surface area (Å²) in [7, 11) is 0. The fourth-order valence-corrected chi connectivity index (χ4v) is 4.00. The number of nitrogens with zero attached hydrogens (tertiary/aromatic N) is 3. The molecular weight excluding hydrogens is 445 g/mol. The number of pyridine rings is 1. The first-order valence-electron chi connectivity index (χ1n) is 10.6. The Morgan fingerprint density at radius 2 is 1.85 bits per heavy atom. The lowest BCUT2D eigenvalue weighted by Gasteiger charge is -2.25. The molecule has 1 fully saturated rings. The molecule has 1 aliphatic heterocycles. The van der Waals surface area contributed by atoms with Crippen LogP contribution in [0, 0.1) is 5.82 Å². The van der Waals surface area contributed by atoms with Crippen molar-refractivity contribution in [1.82, 2.24) is 14.8 Å². The largest absolute Gasteiger partial charge is 0.370 e. The Bertz CT molecular complexity index is 1090. The summed E-state index contributed by atoms with van der Waals surface area (Å²) in [5.41, 5.74) is 1.60. The van der Waals surface area contributed by atoms with E-state index in [4.69, 9.17) is 16.3 Å². The number of aromatic nitrogens is 1. The molecule has 0 aliphatic carbocycles. The Hall–Kier alpha value is -3.29. The van der Waals surface area contributed by atoms with Crippen molar-refractivity contribution in [1.29, 1.82) is 0 Å². The van der Waals surface area contributed by atoms with Gasteiger partial charge in [0.05, 0.1) is 23.3 Å². The van der Waals surface area contributed by atoms with Gasteiger partial charge in [0.1, 0.15) is 12.4 Å². The third-order valence-electron chi connectivity index (χ3n) is 5.42. The molecule has 2 amide bonds. The van der Waals surface area contributed by atoms with Gasteiger partial charge in [-0.1, -0.05) is 54.1 Å². The van der Waals surface area contributed by atoms with Gasteiger partial charge in [0.15, 0.2) is 0 Å². The Morgan fingerprint density at radius 3 is 2.58 bits per heavy atom. The van der Waals surface area contributed by atoms with Crippen molar-refractivity contribution in [3.05, 3.63) is 101 Å². The fourth-order valence-electron chi connectivity index (χ4n) is 3.75. The van der Waals surface area contributed by atoms with Crippen LogP contribution in [0.2, 0.25) is 5.02 Å². The van der Waals surface area contributed by atoms with Crippen LogP contribution in [0.25, 0.3) is 0 Å². The second-order valence-corrected chi connectivity index (χ2v) is 8.24. The topological polar surface area (TPSA) is 62.7 Å². The number of hydrogen-bond donors (Lipinski definition) is 0. The van der Waals surface area contributed by atoms with E-state index >= 15 is 0 Å². The molecule has 0 N–H and O–H groups in total. The van der Waals surface area contributed by atoms with Gasteiger partial charge >= 0.3 is 0 Å². The normalized spacial score (nSPS) is 16.5. The van der Waals surface area contributed by atoms with Gasteiger partial charge in [-0.2, -0.15) is 0 Å². The zero-order valence-corrected chi connectivity index (χ0v) is 18.6. The first-order chi connectivity index (χ1) is 16.0.